The van der Waals surface area contributed by atoms with Gasteiger partial charge in [0.05, 0.1) is 30.3 Å². The number of nitrogens with one attached hydrogen (secondary N) is 2. The largest absolute Gasteiger partial charge is 0.493 e. The highest BCUT2D eigenvalue weighted by Crippen LogP contribution is 2.25. The van der Waals surface area contributed by atoms with E-state index < -0.39 is 0 Å². The zero-order valence-electron chi connectivity index (χ0n) is 21.5. The van der Waals surface area contributed by atoms with Gasteiger partial charge in [-0.1, -0.05) is 54.7 Å². The van der Waals surface area contributed by atoms with E-state index in [9.17, 15) is 9.59 Å². The lowest BCUT2D eigenvalue weighted by Crippen LogP contribution is -2.37. The molecule has 0 atom stereocenters. The second-order valence-electron chi connectivity index (χ2n) is 9.63. The van der Waals surface area contributed by atoms with Crippen molar-refractivity contribution in [2.24, 2.45) is 0 Å². The van der Waals surface area contributed by atoms with Gasteiger partial charge in [-0.15, -0.1) is 5.10 Å². The van der Waals surface area contributed by atoms with Crippen LogP contribution in [0.3, 0.4) is 0 Å². The number of carbonyl (C=O) groups excluding carboxylic acids is 2. The van der Waals surface area contributed by atoms with Gasteiger partial charge in [0.2, 0.25) is 5.91 Å². The van der Waals surface area contributed by atoms with Crippen LogP contribution in [-0.4, -0.2) is 46.0 Å². The summed E-state index contributed by atoms with van der Waals surface area (Å²) in [5.74, 6) is 0.791. The molecule has 0 radical (unpaired) electrons. The molecule has 196 valence electrons. The van der Waals surface area contributed by atoms with Crippen LogP contribution in [0.25, 0.3) is 0 Å². The van der Waals surface area contributed by atoms with Crippen LogP contribution in [0.5, 0.6) is 5.75 Å². The molecule has 2 heterocycles. The molecule has 0 bridgehead atoms. The van der Waals surface area contributed by atoms with Crippen molar-refractivity contribution in [3.05, 3.63) is 75.8 Å². The van der Waals surface area contributed by atoms with Gasteiger partial charge in [-0.2, -0.15) is 0 Å². The third-order valence-corrected chi connectivity index (χ3v) is 7.02. The number of amides is 2. The summed E-state index contributed by atoms with van der Waals surface area (Å²) < 4.78 is 10.2. The number of nitrogens with zero attached hydrogens (tertiary/aromatic N) is 3. The summed E-state index contributed by atoms with van der Waals surface area (Å²) in [4.78, 5) is 28.7. The fourth-order valence-electron chi connectivity index (χ4n) is 4.32. The second kappa shape index (κ2) is 13.3. The van der Waals surface area contributed by atoms with Gasteiger partial charge in [-0.3, -0.25) is 14.5 Å². The molecule has 0 fully saturated rings. The Hall–Kier alpha value is -3.30. The van der Waals surface area contributed by atoms with Crippen LogP contribution in [0.2, 0.25) is 0 Å². The van der Waals surface area contributed by atoms with Crippen LogP contribution in [0.4, 0.5) is 0 Å². The molecule has 0 aliphatic carbocycles. The van der Waals surface area contributed by atoms with Crippen LogP contribution >= 0.6 is 11.5 Å². The van der Waals surface area contributed by atoms with Gasteiger partial charge < -0.3 is 15.4 Å². The van der Waals surface area contributed by atoms with Crippen molar-refractivity contribution in [3.8, 4) is 5.75 Å². The predicted octanol–water partition coefficient (Wildman–Crippen LogP) is 4.27. The molecule has 1 aliphatic rings. The third kappa shape index (κ3) is 7.84. The topological polar surface area (TPSA) is 96.5 Å². The van der Waals surface area contributed by atoms with Crippen molar-refractivity contribution >= 4 is 23.3 Å². The Kier molecular flexibility index (Phi) is 9.62. The Labute approximate surface area is 222 Å². The van der Waals surface area contributed by atoms with Crippen molar-refractivity contribution in [1.29, 1.82) is 0 Å². The van der Waals surface area contributed by atoms with E-state index in [1.807, 2.05) is 36.4 Å². The fraction of sp³-hybridized carbons (Fsp3) is 0.429. The van der Waals surface area contributed by atoms with E-state index in [0.29, 0.717) is 44.1 Å². The Balaban J connectivity index is 1.52. The summed E-state index contributed by atoms with van der Waals surface area (Å²) in [6.45, 7) is 7.21. The predicted molar refractivity (Wildman–Crippen MR) is 145 cm³/mol. The van der Waals surface area contributed by atoms with Gasteiger partial charge in [0, 0.05) is 30.8 Å². The van der Waals surface area contributed by atoms with E-state index >= 15 is 0 Å². The highest BCUT2D eigenvalue weighted by Gasteiger charge is 2.18. The van der Waals surface area contributed by atoms with E-state index in [-0.39, 0.29) is 24.3 Å². The summed E-state index contributed by atoms with van der Waals surface area (Å²) in [5, 5.41) is 10.2. The van der Waals surface area contributed by atoms with Crippen LogP contribution < -0.4 is 15.4 Å². The molecule has 8 nitrogen and oxygen atoms in total. The number of hydrogen-bond acceptors (Lipinski definition) is 7. The van der Waals surface area contributed by atoms with Crippen molar-refractivity contribution in [2.75, 3.05) is 19.7 Å². The van der Waals surface area contributed by atoms with Crippen molar-refractivity contribution in [1.82, 2.24) is 25.1 Å². The lowest BCUT2D eigenvalue weighted by molar-refractivity contribution is -0.122. The monoisotopic (exact) mass is 521 g/mol. The molecular formula is C28H35N5O3S. The van der Waals surface area contributed by atoms with E-state index in [0.717, 1.165) is 41.0 Å². The lowest BCUT2D eigenvalue weighted by atomic mass is 10.1. The summed E-state index contributed by atoms with van der Waals surface area (Å²) in [5.41, 5.74) is 3.55. The van der Waals surface area contributed by atoms with E-state index in [1.165, 1.54) is 11.5 Å². The number of carbonyl (C=O) groups is 2. The van der Waals surface area contributed by atoms with E-state index in [1.54, 1.807) is 0 Å². The smallest absolute Gasteiger partial charge is 0.251 e. The van der Waals surface area contributed by atoms with E-state index in [2.05, 4.69) is 51.1 Å². The van der Waals surface area contributed by atoms with Crippen LogP contribution in [0, 0.1) is 0 Å². The Bertz CT molecular complexity index is 1180. The average Bonchev–Trinajstić information content (AvgIpc) is 3.37. The van der Waals surface area contributed by atoms with Gasteiger partial charge in [0.25, 0.3) is 5.91 Å². The Morgan fingerprint density at radius 2 is 1.97 bits per heavy atom. The fourth-order valence-corrected chi connectivity index (χ4v) is 5.06. The highest BCUT2D eigenvalue weighted by molar-refractivity contribution is 7.05. The Morgan fingerprint density at radius 3 is 2.78 bits per heavy atom. The third-order valence-electron chi connectivity index (χ3n) is 6.28. The molecule has 2 N–H and O–H groups in total. The maximum Gasteiger partial charge on any atom is 0.251 e. The molecule has 9 heteroatoms. The number of rotatable bonds is 6. The van der Waals surface area contributed by atoms with Crippen LogP contribution in [0.1, 0.15) is 71.1 Å². The zero-order chi connectivity index (χ0) is 26.0. The summed E-state index contributed by atoms with van der Waals surface area (Å²) in [6.07, 6.45) is 2.76. The number of fused-ring (bicyclic) bond motifs is 1. The number of aromatic nitrogens is 2. The van der Waals surface area contributed by atoms with Gasteiger partial charge >= 0.3 is 0 Å². The molecule has 0 saturated heterocycles. The standard InChI is InChI=1S/C28H35N5O3S/c1-20(2)27-25(37-32-31-27)16-30-28(35)22-11-12-23-18-33(17-21-9-5-3-6-10-21)19-26(34)29-13-7-4-8-14-36-24(23)15-22/h3,5-6,9-12,15,20H,4,7-8,13-14,16-19H2,1-2H3,(H,29,34)(H,30,35). The quantitative estimate of drug-likeness (QED) is 0.503. The SMILES string of the molecule is CC(C)c1nnsc1CNC(=O)c1ccc2c(c1)OCCCCCNC(=O)CN(Cc1ccccc1)C2. The van der Waals surface area contributed by atoms with Gasteiger partial charge in [-0.25, -0.2) is 0 Å². The molecule has 2 aromatic carbocycles. The van der Waals surface area contributed by atoms with Crippen molar-refractivity contribution in [2.45, 2.75) is 58.7 Å². The molecule has 0 unspecified atom stereocenters. The molecule has 2 amide bonds. The number of ether oxygens (including phenoxy) is 1. The lowest BCUT2D eigenvalue weighted by Gasteiger charge is -2.23. The molecule has 1 aliphatic heterocycles. The average molecular weight is 522 g/mol. The zero-order valence-corrected chi connectivity index (χ0v) is 22.4. The maximum atomic E-state index is 13.0. The molecule has 3 aromatic rings. The number of hydrogen-bond donors (Lipinski definition) is 2. The second-order valence-corrected chi connectivity index (χ2v) is 10.5. The van der Waals surface area contributed by atoms with Gasteiger partial charge in [-0.05, 0) is 54.4 Å². The summed E-state index contributed by atoms with van der Waals surface area (Å²) in [7, 11) is 0. The van der Waals surface area contributed by atoms with Crippen LogP contribution in [-0.2, 0) is 24.4 Å². The molecule has 0 saturated carbocycles. The Morgan fingerprint density at radius 1 is 1.14 bits per heavy atom. The first kappa shape index (κ1) is 26.8. The van der Waals surface area contributed by atoms with Crippen molar-refractivity contribution in [3.63, 3.8) is 0 Å². The first-order chi connectivity index (χ1) is 18.0. The minimum Gasteiger partial charge on any atom is -0.493 e. The van der Waals surface area contributed by atoms with E-state index in [4.69, 9.17) is 4.74 Å². The van der Waals surface area contributed by atoms with Crippen LogP contribution in [0.15, 0.2) is 48.5 Å². The summed E-state index contributed by atoms with van der Waals surface area (Å²) in [6, 6.07) is 15.7. The minimum atomic E-state index is -0.169. The van der Waals surface area contributed by atoms with Crippen molar-refractivity contribution < 1.29 is 14.3 Å². The summed E-state index contributed by atoms with van der Waals surface area (Å²) >= 11 is 1.32. The first-order valence-corrected chi connectivity index (χ1v) is 13.6. The van der Waals surface area contributed by atoms with Gasteiger partial charge in [0.15, 0.2) is 0 Å². The first-order valence-electron chi connectivity index (χ1n) is 12.9. The minimum absolute atomic E-state index is 0.0203. The maximum absolute atomic E-state index is 13.0. The molecule has 37 heavy (non-hydrogen) atoms. The molecular weight excluding hydrogens is 486 g/mol. The molecule has 4 rings (SSSR count). The highest BCUT2D eigenvalue weighted by atomic mass is 32.1. The number of benzene rings is 2. The van der Waals surface area contributed by atoms with Gasteiger partial charge in [0.1, 0.15) is 5.75 Å². The molecule has 1 aromatic heterocycles. The normalized spacial score (nSPS) is 15.5. The molecule has 0 spiro atoms.